The molecule has 0 aliphatic carbocycles. The van der Waals surface area contributed by atoms with Crippen molar-refractivity contribution in [3.63, 3.8) is 0 Å². The van der Waals surface area contributed by atoms with Gasteiger partial charge in [0.05, 0.1) is 6.10 Å². The first-order valence-electron chi connectivity index (χ1n) is 4.19. The molecule has 0 bridgehead atoms. The molecule has 1 nitrogen and oxygen atoms in total. The summed E-state index contributed by atoms with van der Waals surface area (Å²) < 4.78 is 6.20. The van der Waals surface area contributed by atoms with Crippen LogP contribution in [0.3, 0.4) is 0 Å². The minimum atomic E-state index is 0.170. The highest BCUT2D eigenvalue weighted by Crippen LogP contribution is 2.11. The predicted octanol–water partition coefficient (Wildman–Crippen LogP) is 3.50. The molecule has 1 atom stereocenters. The van der Waals surface area contributed by atoms with Crippen molar-refractivity contribution < 1.29 is 4.74 Å². The molecular formula is C11H13BrO. The lowest BCUT2D eigenvalue weighted by atomic mass is 10.2. The van der Waals surface area contributed by atoms with Gasteiger partial charge < -0.3 is 4.74 Å². The van der Waals surface area contributed by atoms with E-state index in [9.17, 15) is 0 Å². The van der Waals surface area contributed by atoms with E-state index in [0.29, 0.717) is 0 Å². The molecule has 0 radical (unpaired) electrons. The highest BCUT2D eigenvalue weighted by molar-refractivity contribution is 9.10. The van der Waals surface area contributed by atoms with Crippen molar-refractivity contribution in [2.75, 3.05) is 7.11 Å². The molecule has 70 valence electrons. The molecular weight excluding hydrogens is 228 g/mol. The number of halogens is 1. The molecule has 0 saturated heterocycles. The maximum atomic E-state index is 5.10. The zero-order valence-electron chi connectivity index (χ0n) is 7.83. The van der Waals surface area contributed by atoms with Gasteiger partial charge in [0.1, 0.15) is 0 Å². The molecule has 0 amide bonds. The quantitative estimate of drug-likeness (QED) is 0.786. The van der Waals surface area contributed by atoms with Gasteiger partial charge in [-0.05, 0) is 24.6 Å². The largest absolute Gasteiger partial charge is 0.378 e. The lowest BCUT2D eigenvalue weighted by molar-refractivity contribution is 0.157. The van der Waals surface area contributed by atoms with Crippen LogP contribution >= 0.6 is 15.9 Å². The summed E-state index contributed by atoms with van der Waals surface area (Å²) in [6.45, 7) is 2.01. The third-order valence-corrected chi connectivity index (χ3v) is 2.33. The van der Waals surface area contributed by atoms with Gasteiger partial charge >= 0.3 is 0 Å². The van der Waals surface area contributed by atoms with E-state index < -0.39 is 0 Å². The summed E-state index contributed by atoms with van der Waals surface area (Å²) in [7, 11) is 1.70. The number of rotatable bonds is 3. The second kappa shape index (κ2) is 5.20. The summed E-state index contributed by atoms with van der Waals surface area (Å²) in [4.78, 5) is 0. The molecule has 2 heteroatoms. The molecule has 0 fully saturated rings. The Morgan fingerprint density at radius 1 is 1.31 bits per heavy atom. The molecule has 1 aromatic rings. The van der Waals surface area contributed by atoms with Gasteiger partial charge in [-0.25, -0.2) is 0 Å². The van der Waals surface area contributed by atoms with E-state index in [1.54, 1.807) is 7.11 Å². The monoisotopic (exact) mass is 240 g/mol. The minimum absolute atomic E-state index is 0.170. The summed E-state index contributed by atoms with van der Waals surface area (Å²) in [6, 6.07) is 8.17. The van der Waals surface area contributed by atoms with Crippen molar-refractivity contribution in [1.82, 2.24) is 0 Å². The summed E-state index contributed by atoms with van der Waals surface area (Å²) >= 11 is 3.39. The Balaban J connectivity index is 2.64. The fourth-order valence-electron chi connectivity index (χ4n) is 0.899. The Hall–Kier alpha value is -0.600. The van der Waals surface area contributed by atoms with Gasteiger partial charge in [0.25, 0.3) is 0 Å². The molecule has 1 aromatic carbocycles. The Bertz CT molecular complexity index is 277. The highest BCUT2D eigenvalue weighted by Gasteiger charge is 1.91. The molecule has 0 aliphatic rings. The second-order valence-electron chi connectivity index (χ2n) is 2.85. The lowest BCUT2D eigenvalue weighted by Gasteiger charge is -2.01. The molecule has 0 aliphatic heterocycles. The van der Waals surface area contributed by atoms with Crippen LogP contribution < -0.4 is 0 Å². The molecule has 0 aromatic heterocycles. The van der Waals surface area contributed by atoms with Crippen LogP contribution in [0.1, 0.15) is 12.5 Å². The fraction of sp³-hybridized carbons (Fsp3) is 0.273. The van der Waals surface area contributed by atoms with E-state index in [0.717, 1.165) is 4.47 Å². The topological polar surface area (TPSA) is 9.23 Å². The maximum absolute atomic E-state index is 5.10. The number of ether oxygens (including phenoxy) is 1. The molecule has 0 N–H and O–H groups in total. The van der Waals surface area contributed by atoms with Crippen LogP contribution in [0.15, 0.2) is 34.8 Å². The van der Waals surface area contributed by atoms with Crippen LogP contribution in [0.25, 0.3) is 6.08 Å². The summed E-state index contributed by atoms with van der Waals surface area (Å²) in [5.74, 6) is 0. The molecule has 1 rings (SSSR count). The second-order valence-corrected chi connectivity index (χ2v) is 3.77. The van der Waals surface area contributed by atoms with Gasteiger partial charge in [0, 0.05) is 11.6 Å². The van der Waals surface area contributed by atoms with Crippen LogP contribution in [-0.2, 0) is 4.74 Å². The number of hydrogen-bond acceptors (Lipinski definition) is 1. The zero-order valence-corrected chi connectivity index (χ0v) is 9.41. The molecule has 0 spiro atoms. The van der Waals surface area contributed by atoms with E-state index in [-0.39, 0.29) is 6.10 Å². The SMILES string of the molecule is COC(C)/C=C/c1ccc(Br)cc1. The van der Waals surface area contributed by atoms with Gasteiger partial charge in [0.15, 0.2) is 0 Å². The van der Waals surface area contributed by atoms with Gasteiger partial charge in [-0.1, -0.05) is 40.2 Å². The first kappa shape index (κ1) is 10.5. The smallest absolute Gasteiger partial charge is 0.0727 e. The van der Waals surface area contributed by atoms with Crippen molar-refractivity contribution in [1.29, 1.82) is 0 Å². The zero-order chi connectivity index (χ0) is 9.68. The summed E-state index contributed by atoms with van der Waals surface area (Å²) in [5, 5.41) is 0. The van der Waals surface area contributed by atoms with E-state index in [2.05, 4.69) is 34.1 Å². The first-order chi connectivity index (χ1) is 6.22. The van der Waals surface area contributed by atoms with E-state index in [1.165, 1.54) is 5.56 Å². The third-order valence-electron chi connectivity index (χ3n) is 1.80. The summed E-state index contributed by atoms with van der Waals surface area (Å²) in [6.07, 6.45) is 4.26. The highest BCUT2D eigenvalue weighted by atomic mass is 79.9. The first-order valence-corrected chi connectivity index (χ1v) is 4.98. The number of methoxy groups -OCH3 is 1. The molecule has 0 heterocycles. The van der Waals surface area contributed by atoms with E-state index in [1.807, 2.05) is 25.1 Å². The summed E-state index contributed by atoms with van der Waals surface area (Å²) in [5.41, 5.74) is 1.19. The van der Waals surface area contributed by atoms with Crippen LogP contribution in [-0.4, -0.2) is 13.2 Å². The standard InChI is InChI=1S/C11H13BrO/c1-9(13-2)3-4-10-5-7-11(12)8-6-10/h3-9H,1-2H3/b4-3+. The predicted molar refractivity (Wildman–Crippen MR) is 59.6 cm³/mol. The van der Waals surface area contributed by atoms with Crippen molar-refractivity contribution in [2.24, 2.45) is 0 Å². The van der Waals surface area contributed by atoms with Gasteiger partial charge in [-0.3, -0.25) is 0 Å². The number of benzene rings is 1. The third kappa shape index (κ3) is 3.75. The fourth-order valence-corrected chi connectivity index (χ4v) is 1.16. The van der Waals surface area contributed by atoms with Gasteiger partial charge in [-0.2, -0.15) is 0 Å². The van der Waals surface area contributed by atoms with Crippen molar-refractivity contribution in [3.8, 4) is 0 Å². The minimum Gasteiger partial charge on any atom is -0.378 e. The Morgan fingerprint density at radius 3 is 2.46 bits per heavy atom. The van der Waals surface area contributed by atoms with Crippen LogP contribution in [0, 0.1) is 0 Å². The normalized spacial score (nSPS) is 13.5. The van der Waals surface area contributed by atoms with E-state index in [4.69, 9.17) is 4.74 Å². The average molecular weight is 241 g/mol. The molecule has 13 heavy (non-hydrogen) atoms. The molecule has 0 saturated carbocycles. The maximum Gasteiger partial charge on any atom is 0.0727 e. The number of hydrogen-bond donors (Lipinski definition) is 0. The molecule has 1 unspecified atom stereocenters. The van der Waals surface area contributed by atoms with Crippen LogP contribution in [0.2, 0.25) is 0 Å². The lowest BCUT2D eigenvalue weighted by Crippen LogP contribution is -1.98. The van der Waals surface area contributed by atoms with Crippen molar-refractivity contribution in [2.45, 2.75) is 13.0 Å². The van der Waals surface area contributed by atoms with Crippen LogP contribution in [0.5, 0.6) is 0 Å². The van der Waals surface area contributed by atoms with E-state index >= 15 is 0 Å². The van der Waals surface area contributed by atoms with Crippen molar-refractivity contribution in [3.05, 3.63) is 40.4 Å². The van der Waals surface area contributed by atoms with Gasteiger partial charge in [0.2, 0.25) is 0 Å². The average Bonchev–Trinajstić information content (AvgIpc) is 2.16. The Labute approximate surface area is 87.5 Å². The Kier molecular flexibility index (Phi) is 4.19. The Morgan fingerprint density at radius 2 is 1.92 bits per heavy atom. The van der Waals surface area contributed by atoms with Crippen LogP contribution in [0.4, 0.5) is 0 Å². The van der Waals surface area contributed by atoms with Crippen molar-refractivity contribution >= 4 is 22.0 Å². The van der Waals surface area contributed by atoms with Gasteiger partial charge in [-0.15, -0.1) is 0 Å².